The van der Waals surface area contributed by atoms with Crippen molar-refractivity contribution >= 4 is 18.0 Å². The molecule has 4 fully saturated rings. The lowest BCUT2D eigenvalue weighted by molar-refractivity contribution is -0.757. The minimum absolute atomic E-state index is 0.0447. The summed E-state index contributed by atoms with van der Waals surface area (Å²) in [6.07, 6.45) is 12.3. The van der Waals surface area contributed by atoms with Crippen LogP contribution in [0, 0.1) is 56.5 Å². The molecule has 4 aliphatic carbocycles. The van der Waals surface area contributed by atoms with Crippen LogP contribution in [0.1, 0.15) is 103 Å². The van der Waals surface area contributed by atoms with Gasteiger partial charge in [-0.2, -0.15) is 0 Å². The summed E-state index contributed by atoms with van der Waals surface area (Å²) in [5, 5.41) is 31.2. The Bertz CT molecular complexity index is 1370. The van der Waals surface area contributed by atoms with Crippen LogP contribution in [-0.2, 0) is 19.2 Å². The van der Waals surface area contributed by atoms with Crippen molar-refractivity contribution in [2.24, 2.45) is 46.3 Å². The predicted molar refractivity (Wildman–Crippen MR) is 182 cm³/mol. The maximum Gasteiger partial charge on any atom is 0.330 e. The zero-order valence-electron chi connectivity index (χ0n) is 29.5. The van der Waals surface area contributed by atoms with Crippen molar-refractivity contribution in [3.63, 3.8) is 0 Å². The van der Waals surface area contributed by atoms with Gasteiger partial charge in [-0.3, -0.25) is 4.79 Å². The molecule has 0 bridgehead atoms. The maximum atomic E-state index is 13.0. The smallest absolute Gasteiger partial charge is 0.330 e. The van der Waals surface area contributed by atoms with Crippen molar-refractivity contribution in [1.29, 1.82) is 0 Å². The third-order valence-electron chi connectivity index (χ3n) is 13.0. The van der Waals surface area contributed by atoms with E-state index in [1.54, 1.807) is 24.3 Å². The van der Waals surface area contributed by atoms with Crippen molar-refractivity contribution in [2.45, 2.75) is 110 Å². The lowest BCUT2D eigenvalue weighted by atomic mass is 9.43. The number of rotatable bonds is 14. The number of methoxy groups -OCH3 is 1. The molecule has 0 saturated heterocycles. The van der Waals surface area contributed by atoms with Gasteiger partial charge in [-0.1, -0.05) is 26.8 Å². The fourth-order valence-electron chi connectivity index (χ4n) is 10.5. The Hall–Kier alpha value is -3.18. The Morgan fingerprint density at radius 1 is 1.02 bits per heavy atom. The van der Waals surface area contributed by atoms with Gasteiger partial charge in [-0.15, -0.1) is 10.1 Å². The summed E-state index contributed by atoms with van der Waals surface area (Å²) in [5.41, 5.74) is 1.02. The molecule has 4 aliphatic rings. The highest BCUT2D eigenvalue weighted by Crippen LogP contribution is 2.68. The Balaban J connectivity index is 1.11. The quantitative estimate of drug-likeness (QED) is 0.0550. The standard InChI is InChI=1S/C38H55NO10/c1-24(28-10-11-29-36-30(16-18-38(28,29)3)37(2)17-15-27(40)22-26(37)23-31(36)41)7-13-35(43)49-32-12-8-25(21-33(32)46-4)9-14-34(42)47-19-5-6-20-48-39(44)45/h8-9,12,14,21,24,26-31,36,40-41H,5-7,10-11,13,15-20,22-23H2,1-4H3/t24-,26+,27-,28-,29+,30?,31+,36+,37+,38-/m1/s1. The fourth-order valence-corrected chi connectivity index (χ4v) is 10.5. The SMILES string of the molecule is COc1cc(C=CC(=O)OCCCCO[N+](=O)[O-])ccc1OC(=O)CC[C@@H](C)[C@H]1CC[C@H]2[C@H]3C(CC[C@]12C)[C@@]1(C)CC[C@@H](O)C[C@H]1C[C@@H]3O. The van der Waals surface area contributed by atoms with E-state index in [1.165, 1.54) is 13.2 Å². The topological polar surface area (TPSA) is 155 Å². The first-order valence-electron chi connectivity index (χ1n) is 18.2. The van der Waals surface area contributed by atoms with Gasteiger partial charge in [0.25, 0.3) is 5.09 Å². The lowest BCUT2D eigenvalue weighted by Gasteiger charge is -2.62. The van der Waals surface area contributed by atoms with Crippen molar-refractivity contribution < 1.29 is 43.9 Å². The van der Waals surface area contributed by atoms with Gasteiger partial charge in [-0.25, -0.2) is 4.79 Å². The third kappa shape index (κ3) is 8.25. The molecule has 0 amide bonds. The van der Waals surface area contributed by atoms with Crippen molar-refractivity contribution in [1.82, 2.24) is 0 Å². The number of unbranched alkanes of at least 4 members (excludes halogenated alkanes) is 1. The van der Waals surface area contributed by atoms with Crippen LogP contribution >= 0.6 is 0 Å². The average molecular weight is 686 g/mol. The van der Waals surface area contributed by atoms with E-state index in [-0.39, 0.29) is 42.2 Å². The number of esters is 2. The fraction of sp³-hybridized carbons (Fsp3) is 0.737. The molecule has 0 radical (unpaired) electrons. The maximum absolute atomic E-state index is 13.0. The van der Waals surface area contributed by atoms with E-state index in [0.717, 1.165) is 57.8 Å². The average Bonchev–Trinajstić information content (AvgIpc) is 3.42. The summed E-state index contributed by atoms with van der Waals surface area (Å²) < 4.78 is 16.3. The molecule has 1 aromatic carbocycles. The molecule has 5 rings (SSSR count). The molecule has 49 heavy (non-hydrogen) atoms. The number of ether oxygens (including phenoxy) is 3. The highest BCUT2D eigenvalue weighted by Gasteiger charge is 2.62. The molecule has 2 N–H and O–H groups in total. The monoisotopic (exact) mass is 685 g/mol. The van der Waals surface area contributed by atoms with E-state index in [9.17, 15) is 29.9 Å². The second-order valence-corrected chi connectivity index (χ2v) is 15.6. The molecule has 0 aliphatic heterocycles. The number of benzene rings is 1. The summed E-state index contributed by atoms with van der Waals surface area (Å²) in [6.45, 7) is 7.24. The number of carbonyl (C=O) groups excluding carboxylic acids is 2. The van der Waals surface area contributed by atoms with Crippen LogP contribution in [0.25, 0.3) is 6.08 Å². The molecule has 0 spiro atoms. The zero-order chi connectivity index (χ0) is 35.3. The van der Waals surface area contributed by atoms with Gasteiger partial charge >= 0.3 is 11.9 Å². The van der Waals surface area contributed by atoms with Gasteiger partial charge in [0.15, 0.2) is 11.5 Å². The Labute approximate surface area is 289 Å². The van der Waals surface area contributed by atoms with Crippen LogP contribution in [0.3, 0.4) is 0 Å². The first-order valence-corrected chi connectivity index (χ1v) is 18.2. The Morgan fingerprint density at radius 2 is 1.76 bits per heavy atom. The van der Waals surface area contributed by atoms with E-state index in [4.69, 9.17) is 14.2 Å². The minimum atomic E-state index is -0.853. The molecular formula is C38H55NO10. The molecule has 0 aromatic heterocycles. The number of carbonyl (C=O) groups is 2. The van der Waals surface area contributed by atoms with E-state index >= 15 is 0 Å². The summed E-state index contributed by atoms with van der Waals surface area (Å²) in [6, 6.07) is 5.05. The molecular weight excluding hydrogens is 630 g/mol. The normalized spacial score (nSPS) is 34.3. The molecule has 0 heterocycles. The van der Waals surface area contributed by atoms with Gasteiger partial charge in [0.2, 0.25) is 0 Å². The summed E-state index contributed by atoms with van der Waals surface area (Å²) in [5.74, 6) is 2.41. The second kappa shape index (κ2) is 15.8. The van der Waals surface area contributed by atoms with E-state index in [0.29, 0.717) is 71.8 Å². The number of aliphatic hydroxyl groups is 2. The highest BCUT2D eigenvalue weighted by atomic mass is 16.9. The van der Waals surface area contributed by atoms with Gasteiger partial charge in [0, 0.05) is 12.5 Å². The first kappa shape index (κ1) is 37.1. The number of hydrogen-bond acceptors (Lipinski definition) is 10. The molecule has 11 heteroatoms. The minimum Gasteiger partial charge on any atom is -0.493 e. The van der Waals surface area contributed by atoms with Crippen molar-refractivity contribution in [3.8, 4) is 11.5 Å². The van der Waals surface area contributed by atoms with E-state index < -0.39 is 11.1 Å². The van der Waals surface area contributed by atoms with Crippen LogP contribution in [0.2, 0.25) is 0 Å². The summed E-state index contributed by atoms with van der Waals surface area (Å²) in [7, 11) is 1.49. The number of fused-ring (bicyclic) bond motifs is 5. The summed E-state index contributed by atoms with van der Waals surface area (Å²) >= 11 is 0. The number of hydrogen-bond donors (Lipinski definition) is 2. The van der Waals surface area contributed by atoms with Crippen molar-refractivity contribution in [2.75, 3.05) is 20.3 Å². The van der Waals surface area contributed by atoms with Crippen LogP contribution in [0.15, 0.2) is 24.3 Å². The second-order valence-electron chi connectivity index (χ2n) is 15.6. The van der Waals surface area contributed by atoms with Crippen LogP contribution < -0.4 is 9.47 Å². The molecule has 1 unspecified atom stereocenters. The third-order valence-corrected chi connectivity index (χ3v) is 13.0. The van der Waals surface area contributed by atoms with Crippen LogP contribution in [0.5, 0.6) is 11.5 Å². The Morgan fingerprint density at radius 3 is 2.51 bits per heavy atom. The predicted octanol–water partition coefficient (Wildman–Crippen LogP) is 6.55. The molecule has 11 nitrogen and oxygen atoms in total. The zero-order valence-corrected chi connectivity index (χ0v) is 29.5. The van der Waals surface area contributed by atoms with Gasteiger partial charge in [0.05, 0.1) is 32.5 Å². The molecule has 4 saturated carbocycles. The summed E-state index contributed by atoms with van der Waals surface area (Å²) in [4.78, 5) is 39.4. The Kier molecular flexibility index (Phi) is 12.0. The van der Waals surface area contributed by atoms with Gasteiger partial charge in [-0.05, 0) is 141 Å². The molecule has 272 valence electrons. The lowest BCUT2D eigenvalue weighted by Crippen LogP contribution is -2.58. The molecule has 1 aromatic rings. The van der Waals surface area contributed by atoms with Gasteiger partial charge < -0.3 is 29.3 Å². The van der Waals surface area contributed by atoms with Gasteiger partial charge in [0.1, 0.15) is 0 Å². The van der Waals surface area contributed by atoms with E-state index in [2.05, 4.69) is 25.6 Å². The molecule has 10 atom stereocenters. The largest absolute Gasteiger partial charge is 0.493 e. The van der Waals surface area contributed by atoms with E-state index in [1.807, 2.05) is 0 Å². The number of aliphatic hydroxyl groups excluding tert-OH is 2. The first-order chi connectivity index (χ1) is 23.4. The van der Waals surface area contributed by atoms with Crippen LogP contribution in [-0.4, -0.2) is 59.8 Å². The highest BCUT2D eigenvalue weighted by molar-refractivity contribution is 5.87. The van der Waals surface area contributed by atoms with Crippen LogP contribution in [0.4, 0.5) is 0 Å². The van der Waals surface area contributed by atoms with Crippen molar-refractivity contribution in [3.05, 3.63) is 40.0 Å². The number of nitrogens with zero attached hydrogens (tertiary/aromatic N) is 1.